The van der Waals surface area contributed by atoms with E-state index in [-0.39, 0.29) is 11.9 Å². The van der Waals surface area contributed by atoms with Gasteiger partial charge in [-0.05, 0) is 49.2 Å². The molecule has 2 aromatic carbocycles. The number of rotatable bonds is 10. The van der Waals surface area contributed by atoms with Crippen molar-refractivity contribution >= 4 is 5.91 Å². The topological polar surface area (TPSA) is 38.8 Å². The average molecular weight is 420 g/mol. The van der Waals surface area contributed by atoms with E-state index in [2.05, 4.69) is 36.1 Å². The largest absolute Gasteiger partial charge is 0.377 e. The molecule has 1 atom stereocenters. The van der Waals surface area contributed by atoms with Gasteiger partial charge in [-0.15, -0.1) is 0 Å². The van der Waals surface area contributed by atoms with Crippen LogP contribution in [0.15, 0.2) is 60.7 Å². The first kappa shape index (κ1) is 23.1. The highest BCUT2D eigenvalue weighted by molar-refractivity contribution is 5.93. The SMILES string of the molecule is O=C(C#CCCCCOCc1ccccc1)N1CCCC[C@H]1COCc1ccccc1. The summed E-state index contributed by atoms with van der Waals surface area (Å²) in [7, 11) is 0. The Morgan fingerprint density at radius 2 is 1.58 bits per heavy atom. The van der Waals surface area contributed by atoms with Crippen molar-refractivity contribution in [3.63, 3.8) is 0 Å². The Bertz CT molecular complexity index is 826. The lowest BCUT2D eigenvalue weighted by atomic mass is 10.0. The molecule has 0 unspecified atom stereocenters. The van der Waals surface area contributed by atoms with E-state index in [1.54, 1.807) is 0 Å². The number of hydrogen-bond donors (Lipinski definition) is 0. The van der Waals surface area contributed by atoms with E-state index in [1.807, 2.05) is 41.3 Å². The van der Waals surface area contributed by atoms with E-state index in [9.17, 15) is 4.79 Å². The summed E-state index contributed by atoms with van der Waals surface area (Å²) in [6.07, 6.45) is 5.79. The minimum atomic E-state index is -0.0617. The van der Waals surface area contributed by atoms with Crippen molar-refractivity contribution in [2.45, 2.75) is 57.8 Å². The van der Waals surface area contributed by atoms with Crippen molar-refractivity contribution in [3.8, 4) is 11.8 Å². The summed E-state index contributed by atoms with van der Waals surface area (Å²) in [6, 6.07) is 20.5. The molecule has 1 aliphatic heterocycles. The zero-order chi connectivity index (χ0) is 21.6. The van der Waals surface area contributed by atoms with Gasteiger partial charge in [-0.1, -0.05) is 66.6 Å². The third kappa shape index (κ3) is 8.57. The standard InChI is InChI=1S/C27H33NO3/c29-27(18-9-1-2-12-20-30-21-24-13-5-3-6-14-24)28-19-11-10-17-26(28)23-31-22-25-15-7-4-8-16-25/h3-8,13-16,26H,1-2,10-12,17,19-23H2/t26-/m0/s1. The third-order valence-electron chi connectivity index (χ3n) is 5.46. The van der Waals surface area contributed by atoms with Crippen LogP contribution >= 0.6 is 0 Å². The number of piperidine rings is 1. The number of nitrogens with zero attached hydrogens (tertiary/aromatic N) is 1. The molecule has 2 aromatic rings. The molecule has 1 saturated heterocycles. The van der Waals surface area contributed by atoms with Crippen LogP contribution in [0.4, 0.5) is 0 Å². The van der Waals surface area contributed by atoms with Crippen molar-refractivity contribution in [3.05, 3.63) is 71.8 Å². The van der Waals surface area contributed by atoms with Gasteiger partial charge in [-0.3, -0.25) is 4.79 Å². The minimum Gasteiger partial charge on any atom is -0.377 e. The molecular formula is C27H33NO3. The van der Waals surface area contributed by atoms with Gasteiger partial charge in [0.05, 0.1) is 25.9 Å². The summed E-state index contributed by atoms with van der Waals surface area (Å²) in [6.45, 7) is 3.30. The summed E-state index contributed by atoms with van der Waals surface area (Å²) >= 11 is 0. The normalized spacial score (nSPS) is 15.9. The fraction of sp³-hybridized carbons (Fsp3) is 0.444. The van der Waals surface area contributed by atoms with Crippen LogP contribution in [0.2, 0.25) is 0 Å². The van der Waals surface area contributed by atoms with Crippen LogP contribution in [0.3, 0.4) is 0 Å². The first-order valence-corrected chi connectivity index (χ1v) is 11.4. The molecule has 0 bridgehead atoms. The van der Waals surface area contributed by atoms with Crippen LogP contribution in [0.5, 0.6) is 0 Å². The molecule has 164 valence electrons. The molecule has 3 rings (SSSR count). The molecule has 1 heterocycles. The number of hydrogen-bond acceptors (Lipinski definition) is 3. The first-order chi connectivity index (χ1) is 15.3. The van der Waals surface area contributed by atoms with E-state index >= 15 is 0 Å². The number of benzene rings is 2. The summed E-state index contributed by atoms with van der Waals surface area (Å²) < 4.78 is 11.6. The fourth-order valence-electron chi connectivity index (χ4n) is 3.72. The van der Waals surface area contributed by atoms with Crippen LogP contribution in [-0.4, -0.2) is 36.6 Å². The van der Waals surface area contributed by atoms with Crippen molar-refractivity contribution in [2.24, 2.45) is 0 Å². The fourth-order valence-corrected chi connectivity index (χ4v) is 3.72. The molecule has 0 N–H and O–H groups in total. The number of carbonyl (C=O) groups excluding carboxylic acids is 1. The number of amides is 1. The molecule has 4 nitrogen and oxygen atoms in total. The molecule has 0 saturated carbocycles. The molecule has 1 aliphatic rings. The van der Waals surface area contributed by atoms with Crippen LogP contribution in [0.1, 0.15) is 49.7 Å². The maximum absolute atomic E-state index is 12.6. The van der Waals surface area contributed by atoms with Gasteiger partial charge in [0.2, 0.25) is 0 Å². The van der Waals surface area contributed by atoms with Gasteiger partial charge < -0.3 is 14.4 Å². The molecule has 31 heavy (non-hydrogen) atoms. The van der Waals surface area contributed by atoms with E-state index in [0.29, 0.717) is 19.8 Å². The third-order valence-corrected chi connectivity index (χ3v) is 5.46. The number of carbonyl (C=O) groups is 1. The molecular weight excluding hydrogens is 386 g/mol. The lowest BCUT2D eigenvalue weighted by Gasteiger charge is -2.34. The van der Waals surface area contributed by atoms with Crippen molar-refractivity contribution < 1.29 is 14.3 Å². The van der Waals surface area contributed by atoms with Gasteiger partial charge in [-0.2, -0.15) is 0 Å². The van der Waals surface area contributed by atoms with E-state index in [4.69, 9.17) is 9.47 Å². The Hall–Kier alpha value is -2.61. The Kier molecular flexibility index (Phi) is 10.2. The Morgan fingerprint density at radius 3 is 2.29 bits per heavy atom. The van der Waals surface area contributed by atoms with Crippen molar-refractivity contribution in [2.75, 3.05) is 19.8 Å². The maximum Gasteiger partial charge on any atom is 0.298 e. The van der Waals surface area contributed by atoms with Gasteiger partial charge in [-0.25, -0.2) is 0 Å². The van der Waals surface area contributed by atoms with Gasteiger partial charge in [0, 0.05) is 19.6 Å². The number of likely N-dealkylation sites (tertiary alicyclic amines) is 1. The van der Waals surface area contributed by atoms with Gasteiger partial charge in [0.25, 0.3) is 5.91 Å². The Morgan fingerprint density at radius 1 is 0.903 bits per heavy atom. The van der Waals surface area contributed by atoms with Gasteiger partial charge >= 0.3 is 0 Å². The van der Waals surface area contributed by atoms with Crippen LogP contribution in [0, 0.1) is 11.8 Å². The highest BCUT2D eigenvalue weighted by Gasteiger charge is 2.25. The van der Waals surface area contributed by atoms with Crippen molar-refractivity contribution in [1.82, 2.24) is 4.90 Å². The summed E-state index contributed by atoms with van der Waals surface area (Å²) in [5.41, 5.74) is 2.35. The molecule has 0 spiro atoms. The summed E-state index contributed by atoms with van der Waals surface area (Å²) in [5.74, 6) is 5.84. The highest BCUT2D eigenvalue weighted by atomic mass is 16.5. The molecule has 0 aromatic heterocycles. The maximum atomic E-state index is 12.6. The van der Waals surface area contributed by atoms with Crippen LogP contribution in [0.25, 0.3) is 0 Å². The van der Waals surface area contributed by atoms with E-state index in [0.717, 1.165) is 57.2 Å². The molecule has 1 fully saturated rings. The minimum absolute atomic E-state index is 0.0617. The number of unbranched alkanes of at least 4 members (excludes halogenated alkanes) is 2. The van der Waals surface area contributed by atoms with E-state index in [1.165, 1.54) is 5.56 Å². The zero-order valence-electron chi connectivity index (χ0n) is 18.3. The predicted molar refractivity (Wildman–Crippen MR) is 123 cm³/mol. The first-order valence-electron chi connectivity index (χ1n) is 11.4. The molecule has 1 amide bonds. The Labute approximate surface area is 186 Å². The lowest BCUT2D eigenvalue weighted by molar-refractivity contribution is -0.130. The smallest absolute Gasteiger partial charge is 0.298 e. The van der Waals surface area contributed by atoms with Crippen LogP contribution in [-0.2, 0) is 27.5 Å². The average Bonchev–Trinajstić information content (AvgIpc) is 2.82. The second-order valence-corrected chi connectivity index (χ2v) is 7.95. The number of ether oxygens (including phenoxy) is 2. The second kappa shape index (κ2) is 13.6. The van der Waals surface area contributed by atoms with Gasteiger partial charge in [0.1, 0.15) is 0 Å². The lowest BCUT2D eigenvalue weighted by Crippen LogP contribution is -2.45. The quantitative estimate of drug-likeness (QED) is 0.403. The molecule has 0 radical (unpaired) electrons. The monoisotopic (exact) mass is 419 g/mol. The zero-order valence-corrected chi connectivity index (χ0v) is 18.3. The summed E-state index contributed by atoms with van der Waals surface area (Å²) in [4.78, 5) is 14.5. The van der Waals surface area contributed by atoms with Crippen LogP contribution < -0.4 is 0 Å². The Balaban J connectivity index is 1.32. The molecule has 4 heteroatoms. The highest BCUT2D eigenvalue weighted by Crippen LogP contribution is 2.18. The van der Waals surface area contributed by atoms with Crippen molar-refractivity contribution in [1.29, 1.82) is 0 Å². The molecule has 0 aliphatic carbocycles. The van der Waals surface area contributed by atoms with Gasteiger partial charge in [0.15, 0.2) is 0 Å². The summed E-state index contributed by atoms with van der Waals surface area (Å²) in [5, 5.41) is 0. The predicted octanol–water partition coefficient (Wildman–Crippen LogP) is 4.97. The second-order valence-electron chi connectivity index (χ2n) is 7.95. The van der Waals surface area contributed by atoms with E-state index < -0.39 is 0 Å².